The summed E-state index contributed by atoms with van der Waals surface area (Å²) in [5, 5.41) is 20.8. The molecule has 1 saturated heterocycles. The minimum atomic E-state index is -0.985. The highest BCUT2D eigenvalue weighted by Crippen LogP contribution is 2.45. The number of aromatic nitrogens is 4. The molecule has 1 unspecified atom stereocenters. The van der Waals surface area contributed by atoms with Crippen molar-refractivity contribution in [3.8, 4) is 11.5 Å². The first-order valence-electron chi connectivity index (χ1n) is 13.2. The molecule has 4 heterocycles. The Morgan fingerprint density at radius 2 is 1.88 bits per heavy atom. The number of aliphatic hydroxyl groups excluding tert-OH is 1. The van der Waals surface area contributed by atoms with Crippen molar-refractivity contribution in [2.45, 2.75) is 53.5 Å². The van der Waals surface area contributed by atoms with Gasteiger partial charge in [-0.25, -0.2) is 4.98 Å². The minimum Gasteiger partial charge on any atom is -0.505 e. The van der Waals surface area contributed by atoms with Crippen LogP contribution >= 0.6 is 11.3 Å². The second kappa shape index (κ2) is 11.1. The van der Waals surface area contributed by atoms with Gasteiger partial charge >= 0.3 is 5.91 Å². The number of benzene rings is 1. The van der Waals surface area contributed by atoms with Crippen LogP contribution in [0.1, 0.15) is 60.3 Å². The van der Waals surface area contributed by atoms with Gasteiger partial charge in [-0.1, -0.05) is 36.8 Å². The molecule has 1 N–H and O–H groups in total. The number of carbonyl (C=O) groups excluding carboxylic acids is 2. The molecular weight excluding hydrogens is 530 g/mol. The zero-order valence-electron chi connectivity index (χ0n) is 23.1. The summed E-state index contributed by atoms with van der Waals surface area (Å²) in [6.45, 7) is 10.4. The van der Waals surface area contributed by atoms with Crippen LogP contribution in [0, 0.1) is 20.8 Å². The standard InChI is InChI=1S/C29H31N5O5S/c1-6-8-14-39-20-12-11-19(15-21(20)38-7-2)24-22(26(36)28(37)34(24)29-32-31-18(5)40-29)25(35)23-17(4)33-13-9-10-16(3)27(33)30-23/h9-13,15,24,35H,6-8,14H2,1-5H3/b25-22+. The lowest BCUT2D eigenvalue weighted by Gasteiger charge is -2.23. The third-order valence-corrected chi connectivity index (χ3v) is 7.65. The summed E-state index contributed by atoms with van der Waals surface area (Å²) in [6, 6.07) is 8.10. The normalized spacial score (nSPS) is 16.7. The predicted octanol–water partition coefficient (Wildman–Crippen LogP) is 5.31. The Kier molecular flexibility index (Phi) is 7.57. The number of ketones is 1. The van der Waals surface area contributed by atoms with Crippen molar-refractivity contribution in [1.82, 2.24) is 19.6 Å². The molecule has 1 aromatic carbocycles. The lowest BCUT2D eigenvalue weighted by atomic mass is 9.96. The Balaban J connectivity index is 1.71. The van der Waals surface area contributed by atoms with Crippen molar-refractivity contribution in [3.63, 3.8) is 0 Å². The summed E-state index contributed by atoms with van der Waals surface area (Å²) in [6.07, 6.45) is 3.72. The van der Waals surface area contributed by atoms with Gasteiger partial charge in [0.25, 0.3) is 5.78 Å². The molecule has 0 aliphatic carbocycles. The fourth-order valence-corrected chi connectivity index (χ4v) is 5.53. The van der Waals surface area contributed by atoms with Crippen LogP contribution in [0.3, 0.4) is 0 Å². The highest BCUT2D eigenvalue weighted by atomic mass is 32.1. The van der Waals surface area contributed by atoms with E-state index in [1.165, 1.54) is 16.2 Å². The Hall–Kier alpha value is -4.25. The van der Waals surface area contributed by atoms with Crippen LogP contribution in [0.5, 0.6) is 11.5 Å². The van der Waals surface area contributed by atoms with E-state index in [-0.39, 0.29) is 22.2 Å². The number of amides is 1. The zero-order valence-corrected chi connectivity index (χ0v) is 23.9. The number of unbranched alkanes of at least 4 members (excludes halogenated alkanes) is 1. The number of hydrogen-bond acceptors (Lipinski definition) is 9. The molecule has 11 heteroatoms. The largest absolute Gasteiger partial charge is 0.505 e. The first kappa shape index (κ1) is 27.3. The van der Waals surface area contributed by atoms with E-state index in [9.17, 15) is 14.7 Å². The third-order valence-electron chi connectivity index (χ3n) is 6.81. The van der Waals surface area contributed by atoms with E-state index in [0.29, 0.717) is 46.6 Å². The summed E-state index contributed by atoms with van der Waals surface area (Å²) in [5.41, 5.74) is 2.91. The average molecular weight is 562 g/mol. The fourth-order valence-electron chi connectivity index (χ4n) is 4.81. The molecule has 4 aromatic rings. The summed E-state index contributed by atoms with van der Waals surface area (Å²) in [4.78, 5) is 33.0. The fraction of sp³-hybridized carbons (Fsp3) is 0.345. The molecule has 0 spiro atoms. The molecule has 0 radical (unpaired) electrons. The maximum atomic E-state index is 13.6. The van der Waals surface area contributed by atoms with Gasteiger partial charge in [0.05, 0.1) is 30.5 Å². The third kappa shape index (κ3) is 4.70. The number of hydrogen-bond donors (Lipinski definition) is 1. The minimum absolute atomic E-state index is 0.0795. The van der Waals surface area contributed by atoms with Gasteiger partial charge in [0.15, 0.2) is 17.3 Å². The van der Waals surface area contributed by atoms with Crippen LogP contribution in [0.4, 0.5) is 5.13 Å². The van der Waals surface area contributed by atoms with E-state index in [1.807, 2.05) is 43.5 Å². The van der Waals surface area contributed by atoms with E-state index in [4.69, 9.17) is 9.47 Å². The van der Waals surface area contributed by atoms with E-state index in [2.05, 4.69) is 22.1 Å². The van der Waals surface area contributed by atoms with Crippen molar-refractivity contribution in [2.75, 3.05) is 18.1 Å². The lowest BCUT2D eigenvalue weighted by Crippen LogP contribution is -2.29. The van der Waals surface area contributed by atoms with Crippen LogP contribution in [-0.4, -0.2) is 49.6 Å². The molecule has 0 saturated carbocycles. The Labute approximate surface area is 235 Å². The summed E-state index contributed by atoms with van der Waals surface area (Å²) in [7, 11) is 0. The van der Waals surface area contributed by atoms with Crippen molar-refractivity contribution < 1.29 is 24.2 Å². The highest BCUT2D eigenvalue weighted by molar-refractivity contribution is 7.15. The van der Waals surface area contributed by atoms with Gasteiger partial charge in [-0.2, -0.15) is 0 Å². The summed E-state index contributed by atoms with van der Waals surface area (Å²) in [5.74, 6) is -0.940. The van der Waals surface area contributed by atoms with Crippen molar-refractivity contribution in [3.05, 3.63) is 69.6 Å². The van der Waals surface area contributed by atoms with Crippen LogP contribution < -0.4 is 14.4 Å². The van der Waals surface area contributed by atoms with Crippen LogP contribution in [0.2, 0.25) is 0 Å². The number of fused-ring (bicyclic) bond motifs is 1. The molecule has 40 heavy (non-hydrogen) atoms. The highest BCUT2D eigenvalue weighted by Gasteiger charge is 2.49. The number of aliphatic hydroxyl groups is 1. The molecule has 5 rings (SSSR count). The Morgan fingerprint density at radius 3 is 2.55 bits per heavy atom. The SMILES string of the molecule is CCCCOc1ccc(C2/C(=C(\O)c3nc4c(C)cccn4c3C)C(=O)C(=O)N2c2nnc(C)s2)cc1OCC. The van der Waals surface area contributed by atoms with E-state index >= 15 is 0 Å². The molecule has 3 aromatic heterocycles. The second-order valence-electron chi connectivity index (χ2n) is 9.54. The topological polar surface area (TPSA) is 119 Å². The zero-order chi connectivity index (χ0) is 28.6. The van der Waals surface area contributed by atoms with Crippen LogP contribution in [-0.2, 0) is 9.59 Å². The van der Waals surface area contributed by atoms with Gasteiger partial charge in [0.2, 0.25) is 5.13 Å². The van der Waals surface area contributed by atoms with Gasteiger partial charge in [0, 0.05) is 6.20 Å². The van der Waals surface area contributed by atoms with E-state index in [0.717, 1.165) is 18.4 Å². The smallest absolute Gasteiger partial charge is 0.301 e. The van der Waals surface area contributed by atoms with Crippen molar-refractivity contribution in [1.29, 1.82) is 0 Å². The number of pyridine rings is 1. The molecule has 1 amide bonds. The van der Waals surface area contributed by atoms with Gasteiger partial charge in [-0.05, 0) is 63.4 Å². The van der Waals surface area contributed by atoms with E-state index in [1.54, 1.807) is 25.1 Å². The van der Waals surface area contributed by atoms with Crippen molar-refractivity contribution in [2.24, 2.45) is 0 Å². The lowest BCUT2D eigenvalue weighted by molar-refractivity contribution is -0.132. The number of carbonyl (C=O) groups is 2. The molecule has 1 aliphatic heterocycles. The van der Waals surface area contributed by atoms with Gasteiger partial charge < -0.3 is 19.0 Å². The number of imidazole rings is 1. The monoisotopic (exact) mass is 561 g/mol. The van der Waals surface area contributed by atoms with E-state index < -0.39 is 17.7 Å². The molecule has 208 valence electrons. The molecule has 0 bridgehead atoms. The predicted molar refractivity (Wildman–Crippen MR) is 152 cm³/mol. The maximum absolute atomic E-state index is 13.6. The summed E-state index contributed by atoms with van der Waals surface area (Å²) >= 11 is 1.19. The van der Waals surface area contributed by atoms with Gasteiger partial charge in [-0.15, -0.1) is 10.2 Å². The number of aryl methyl sites for hydroxylation is 3. The number of nitrogens with zero attached hydrogens (tertiary/aromatic N) is 5. The number of ether oxygens (including phenoxy) is 2. The van der Waals surface area contributed by atoms with Gasteiger partial charge in [-0.3, -0.25) is 14.5 Å². The molecule has 1 fully saturated rings. The molecule has 1 aliphatic rings. The molecular formula is C29H31N5O5S. The quantitative estimate of drug-likeness (QED) is 0.126. The Morgan fingerprint density at radius 1 is 1.07 bits per heavy atom. The molecule has 10 nitrogen and oxygen atoms in total. The van der Waals surface area contributed by atoms with Crippen molar-refractivity contribution >= 4 is 39.6 Å². The summed E-state index contributed by atoms with van der Waals surface area (Å²) < 4.78 is 13.7. The Bertz CT molecular complexity index is 1640. The number of Topliss-reactive ketones (excluding diaryl/α,β-unsaturated/α-hetero) is 1. The first-order chi connectivity index (χ1) is 19.3. The first-order valence-corrected chi connectivity index (χ1v) is 14.0. The molecule has 1 atom stereocenters. The van der Waals surface area contributed by atoms with Crippen LogP contribution in [0.15, 0.2) is 42.1 Å². The average Bonchev–Trinajstić information content (AvgIpc) is 3.59. The number of rotatable bonds is 9. The number of anilines is 1. The van der Waals surface area contributed by atoms with Crippen LogP contribution in [0.25, 0.3) is 11.4 Å². The second-order valence-corrected chi connectivity index (χ2v) is 10.7. The maximum Gasteiger partial charge on any atom is 0.301 e. The van der Waals surface area contributed by atoms with Gasteiger partial charge in [0.1, 0.15) is 16.3 Å².